The molecule has 0 spiro atoms. The van der Waals surface area contributed by atoms with Gasteiger partial charge in [-0.2, -0.15) is 5.10 Å². The van der Waals surface area contributed by atoms with Crippen molar-refractivity contribution in [1.82, 2.24) is 10.2 Å². The summed E-state index contributed by atoms with van der Waals surface area (Å²) in [5.41, 5.74) is 0. The van der Waals surface area contributed by atoms with E-state index in [0.717, 1.165) is 4.34 Å². The molecule has 0 radical (unpaired) electrons. The molecular formula is C5H8N2O2S4. The lowest BCUT2D eigenvalue weighted by molar-refractivity contribution is 0.603. The summed E-state index contributed by atoms with van der Waals surface area (Å²) in [7, 11) is -2.87. The van der Waals surface area contributed by atoms with E-state index in [4.69, 9.17) is 12.2 Å². The third-order valence-electron chi connectivity index (χ3n) is 1.10. The van der Waals surface area contributed by atoms with Crippen molar-refractivity contribution in [2.24, 2.45) is 0 Å². The number of H-pyrrole nitrogens is 1. The minimum atomic E-state index is -2.87. The molecule has 74 valence electrons. The Labute approximate surface area is 89.7 Å². The first-order chi connectivity index (χ1) is 5.97. The Hall–Kier alpha value is 0.0800. The van der Waals surface area contributed by atoms with Crippen molar-refractivity contribution >= 4 is 45.2 Å². The third kappa shape index (κ3) is 4.75. The van der Waals surface area contributed by atoms with Crippen molar-refractivity contribution < 1.29 is 8.42 Å². The number of rotatable bonds is 4. The van der Waals surface area contributed by atoms with Gasteiger partial charge >= 0.3 is 0 Å². The minimum absolute atomic E-state index is 0.171. The molecule has 13 heavy (non-hydrogen) atoms. The second kappa shape index (κ2) is 4.54. The third-order valence-corrected chi connectivity index (χ3v) is 4.54. The number of nitrogens with zero attached hydrogens (tertiary/aromatic N) is 1. The zero-order chi connectivity index (χ0) is 9.90. The highest BCUT2D eigenvalue weighted by atomic mass is 32.2. The first-order valence-corrected chi connectivity index (χ1v) is 7.60. The predicted molar refractivity (Wildman–Crippen MR) is 57.7 cm³/mol. The van der Waals surface area contributed by atoms with Crippen LogP contribution in [0.1, 0.15) is 0 Å². The lowest BCUT2D eigenvalue weighted by Crippen LogP contribution is -2.04. The molecular weight excluding hydrogens is 248 g/mol. The van der Waals surface area contributed by atoms with Gasteiger partial charge in [-0.25, -0.2) is 8.42 Å². The van der Waals surface area contributed by atoms with Crippen molar-refractivity contribution in [3.63, 3.8) is 0 Å². The monoisotopic (exact) mass is 256 g/mol. The molecule has 0 saturated heterocycles. The molecule has 0 aromatic carbocycles. The van der Waals surface area contributed by atoms with Crippen LogP contribution in [0.3, 0.4) is 0 Å². The Bertz CT molecular complexity index is 418. The van der Waals surface area contributed by atoms with Crippen LogP contribution in [-0.2, 0) is 9.84 Å². The highest BCUT2D eigenvalue weighted by Crippen LogP contribution is 2.19. The zero-order valence-electron chi connectivity index (χ0n) is 6.81. The molecule has 0 aliphatic rings. The Morgan fingerprint density at radius 1 is 1.69 bits per heavy atom. The smallest absolute Gasteiger partial charge is 0.177 e. The SMILES string of the molecule is CS(=O)(=O)CCSc1n[nH]c(=S)s1. The summed E-state index contributed by atoms with van der Waals surface area (Å²) in [6, 6.07) is 0. The van der Waals surface area contributed by atoms with E-state index in [1.807, 2.05) is 0 Å². The number of sulfone groups is 1. The van der Waals surface area contributed by atoms with Crippen molar-refractivity contribution in [3.8, 4) is 0 Å². The van der Waals surface area contributed by atoms with Crippen LogP contribution in [0, 0.1) is 3.95 Å². The van der Waals surface area contributed by atoms with E-state index >= 15 is 0 Å². The number of thioether (sulfide) groups is 1. The molecule has 1 heterocycles. The van der Waals surface area contributed by atoms with Crippen molar-refractivity contribution in [3.05, 3.63) is 3.95 Å². The predicted octanol–water partition coefficient (Wildman–Crippen LogP) is 1.34. The fourth-order valence-electron chi connectivity index (χ4n) is 0.558. The van der Waals surface area contributed by atoms with Gasteiger partial charge in [-0.1, -0.05) is 23.1 Å². The molecule has 4 nitrogen and oxygen atoms in total. The topological polar surface area (TPSA) is 62.8 Å². The van der Waals surface area contributed by atoms with Gasteiger partial charge in [0.05, 0.1) is 5.75 Å². The van der Waals surface area contributed by atoms with Gasteiger partial charge in [0.2, 0.25) is 0 Å². The van der Waals surface area contributed by atoms with Gasteiger partial charge in [0.1, 0.15) is 9.84 Å². The van der Waals surface area contributed by atoms with E-state index < -0.39 is 9.84 Å². The molecule has 8 heteroatoms. The Balaban J connectivity index is 2.41. The van der Waals surface area contributed by atoms with Crippen LogP contribution in [0.5, 0.6) is 0 Å². The van der Waals surface area contributed by atoms with Gasteiger partial charge < -0.3 is 0 Å². The summed E-state index contributed by atoms with van der Waals surface area (Å²) in [5, 5.41) is 6.52. The molecule has 1 aromatic rings. The maximum absolute atomic E-state index is 10.8. The fraction of sp³-hybridized carbons (Fsp3) is 0.600. The van der Waals surface area contributed by atoms with Crippen LogP contribution in [0.25, 0.3) is 0 Å². The number of nitrogens with one attached hydrogen (secondary N) is 1. The van der Waals surface area contributed by atoms with Gasteiger partial charge in [0, 0.05) is 12.0 Å². The zero-order valence-corrected chi connectivity index (χ0v) is 10.1. The van der Waals surface area contributed by atoms with E-state index in [1.54, 1.807) is 0 Å². The van der Waals surface area contributed by atoms with E-state index in [1.165, 1.54) is 29.4 Å². The Morgan fingerprint density at radius 2 is 2.38 bits per heavy atom. The molecule has 0 bridgehead atoms. The molecule has 1 N–H and O–H groups in total. The quantitative estimate of drug-likeness (QED) is 0.650. The Morgan fingerprint density at radius 3 is 2.85 bits per heavy atom. The number of hydrogen-bond donors (Lipinski definition) is 1. The van der Waals surface area contributed by atoms with E-state index in [9.17, 15) is 8.42 Å². The first kappa shape index (κ1) is 11.2. The molecule has 0 atom stereocenters. The summed E-state index contributed by atoms with van der Waals surface area (Å²) < 4.78 is 22.9. The molecule has 0 saturated carbocycles. The van der Waals surface area contributed by atoms with Crippen LogP contribution in [0.2, 0.25) is 0 Å². The number of hydrogen-bond acceptors (Lipinski definition) is 6. The molecule has 0 unspecified atom stereocenters. The van der Waals surface area contributed by atoms with Gasteiger partial charge in [0.25, 0.3) is 0 Å². The highest BCUT2D eigenvalue weighted by Gasteiger charge is 2.04. The van der Waals surface area contributed by atoms with Crippen LogP contribution >= 0.6 is 35.3 Å². The lowest BCUT2D eigenvalue weighted by atomic mass is 11.0. The molecule has 1 rings (SSSR count). The standard InChI is InChI=1S/C5H8N2O2S4/c1-13(8,9)3-2-11-5-7-6-4(10)12-5/h2-3H2,1H3,(H,6,10). The number of aromatic amines is 1. The lowest BCUT2D eigenvalue weighted by Gasteiger charge is -1.94. The maximum Gasteiger partial charge on any atom is 0.177 e. The van der Waals surface area contributed by atoms with Crippen molar-refractivity contribution in [1.29, 1.82) is 0 Å². The average Bonchev–Trinajstić information content (AvgIpc) is 2.33. The molecule has 1 aromatic heterocycles. The summed E-state index contributed by atoms with van der Waals surface area (Å²) in [6.45, 7) is 0. The van der Waals surface area contributed by atoms with Crippen molar-refractivity contribution in [2.75, 3.05) is 17.8 Å². The first-order valence-electron chi connectivity index (χ1n) is 3.33. The normalized spacial score (nSPS) is 11.8. The molecule has 0 aliphatic heterocycles. The van der Waals surface area contributed by atoms with Crippen molar-refractivity contribution in [2.45, 2.75) is 4.34 Å². The summed E-state index contributed by atoms with van der Waals surface area (Å²) >= 11 is 7.58. The van der Waals surface area contributed by atoms with E-state index in [0.29, 0.717) is 9.71 Å². The number of aromatic nitrogens is 2. The summed E-state index contributed by atoms with van der Waals surface area (Å²) in [6.07, 6.45) is 1.22. The van der Waals surface area contributed by atoms with Gasteiger partial charge in [-0.3, -0.25) is 5.10 Å². The van der Waals surface area contributed by atoms with Crippen LogP contribution in [0.4, 0.5) is 0 Å². The highest BCUT2D eigenvalue weighted by molar-refractivity contribution is 8.02. The average molecular weight is 256 g/mol. The van der Waals surface area contributed by atoms with Crippen LogP contribution in [-0.4, -0.2) is 36.4 Å². The minimum Gasteiger partial charge on any atom is -0.257 e. The van der Waals surface area contributed by atoms with E-state index in [2.05, 4.69) is 10.2 Å². The Kier molecular flexibility index (Phi) is 3.89. The maximum atomic E-state index is 10.8. The second-order valence-electron chi connectivity index (χ2n) is 2.36. The molecule has 0 amide bonds. The van der Waals surface area contributed by atoms with Crippen LogP contribution < -0.4 is 0 Å². The van der Waals surface area contributed by atoms with Crippen LogP contribution in [0.15, 0.2) is 4.34 Å². The largest absolute Gasteiger partial charge is 0.257 e. The van der Waals surface area contributed by atoms with Gasteiger partial charge in [-0.05, 0) is 12.2 Å². The summed E-state index contributed by atoms with van der Waals surface area (Å²) in [5.74, 6) is 0.693. The fourth-order valence-corrected chi connectivity index (χ4v) is 3.91. The molecule has 0 aliphatic carbocycles. The second-order valence-corrected chi connectivity index (χ2v) is 7.62. The van der Waals surface area contributed by atoms with Gasteiger partial charge in [-0.15, -0.1) is 0 Å². The summed E-state index contributed by atoms with van der Waals surface area (Å²) in [4.78, 5) is 0. The van der Waals surface area contributed by atoms with E-state index in [-0.39, 0.29) is 5.75 Å². The van der Waals surface area contributed by atoms with Gasteiger partial charge in [0.15, 0.2) is 8.29 Å². The molecule has 0 fully saturated rings.